The standard InChI is InChI=1S/C18H22F2INO4.C18H21FINO4/c1-5-26-17(25)11(8-22-15(9-23)18(2,3)4)16(24)10-6-14(21)13(20)7-12(10)19;1-5-25-17(24)11-8-21(15(9-22)18(2,3)4)14-7-12(19)13(20)6-10(14)16(11)23/h6-8,15,23-24H,5,9H2,1-4H3;6-8,15,22H,5,9H2,1-4H3/t2*15-/m11/s1. The lowest BCUT2D eigenvalue weighted by atomic mass is 9.86. The predicted octanol–water partition coefficient (Wildman–Crippen LogP) is 7.38. The smallest absolute Gasteiger partial charge is 0.343 e. The number of nitrogens with zero attached hydrogens (tertiary/aromatic N) is 2. The van der Waals surface area contributed by atoms with Gasteiger partial charge in [-0.15, -0.1) is 0 Å². The van der Waals surface area contributed by atoms with Gasteiger partial charge in [0.15, 0.2) is 0 Å². The van der Waals surface area contributed by atoms with Gasteiger partial charge in [0, 0.05) is 31.0 Å². The summed E-state index contributed by atoms with van der Waals surface area (Å²) in [6, 6.07) is 3.38. The molecule has 0 spiro atoms. The molecule has 0 saturated heterocycles. The predicted molar refractivity (Wildman–Crippen MR) is 206 cm³/mol. The van der Waals surface area contributed by atoms with Gasteiger partial charge < -0.3 is 29.4 Å². The van der Waals surface area contributed by atoms with E-state index in [1.54, 1.807) is 63.6 Å². The third-order valence-electron chi connectivity index (χ3n) is 7.65. The molecule has 3 aromatic rings. The molecule has 0 amide bonds. The number of esters is 2. The molecule has 0 radical (unpaired) electrons. The summed E-state index contributed by atoms with van der Waals surface area (Å²) in [4.78, 5) is 41.2. The molecular formula is C36H43F3I2N2O8. The van der Waals surface area contributed by atoms with E-state index >= 15 is 0 Å². The highest BCUT2D eigenvalue weighted by Gasteiger charge is 2.29. The summed E-state index contributed by atoms with van der Waals surface area (Å²) in [7, 11) is 0. The maximum atomic E-state index is 14.1. The van der Waals surface area contributed by atoms with Crippen LogP contribution in [0.3, 0.4) is 0 Å². The second kappa shape index (κ2) is 18.6. The average Bonchev–Trinajstić information content (AvgIpc) is 3.02. The molecule has 0 fully saturated rings. The SMILES string of the molecule is CCOC(=O)C(C=N[C@H](CO)C(C)(C)C)=C(O)c1cc(I)c(F)cc1F.CCOC(=O)c1cn([C@H](CO)C(C)(C)C)c2cc(F)c(I)cc2c1=O. The zero-order valence-corrected chi connectivity index (χ0v) is 33.9. The van der Waals surface area contributed by atoms with Crippen molar-refractivity contribution in [3.05, 3.63) is 82.0 Å². The van der Waals surface area contributed by atoms with E-state index in [1.165, 1.54) is 18.3 Å². The van der Waals surface area contributed by atoms with Crippen molar-refractivity contribution in [3.8, 4) is 0 Å². The molecule has 280 valence electrons. The van der Waals surface area contributed by atoms with Crippen LogP contribution in [-0.4, -0.2) is 70.5 Å². The lowest BCUT2D eigenvalue weighted by Gasteiger charge is -2.33. The van der Waals surface area contributed by atoms with Crippen LogP contribution in [-0.2, 0) is 14.3 Å². The fourth-order valence-corrected chi connectivity index (χ4v) is 5.65. The largest absolute Gasteiger partial charge is 0.506 e. The van der Waals surface area contributed by atoms with Crippen LogP contribution in [0.5, 0.6) is 0 Å². The average molecular weight is 943 g/mol. The fraction of sp³-hybridized carbons (Fsp3) is 0.444. The highest BCUT2D eigenvalue weighted by atomic mass is 127. The van der Waals surface area contributed by atoms with Crippen molar-refractivity contribution < 1.29 is 47.6 Å². The Morgan fingerprint density at radius 2 is 1.43 bits per heavy atom. The van der Waals surface area contributed by atoms with Crippen molar-refractivity contribution in [2.75, 3.05) is 26.4 Å². The van der Waals surface area contributed by atoms with Crippen molar-refractivity contribution in [1.82, 2.24) is 4.57 Å². The minimum Gasteiger partial charge on any atom is -0.506 e. The molecule has 1 aromatic heterocycles. The number of halogens is 5. The van der Waals surface area contributed by atoms with Gasteiger partial charge in [0.2, 0.25) is 5.43 Å². The number of carbonyl (C=O) groups is 2. The molecule has 2 atom stereocenters. The number of aromatic nitrogens is 1. The molecule has 51 heavy (non-hydrogen) atoms. The highest BCUT2D eigenvalue weighted by Crippen LogP contribution is 2.33. The molecule has 0 unspecified atom stereocenters. The number of carbonyl (C=O) groups excluding carboxylic acids is 2. The van der Waals surface area contributed by atoms with Gasteiger partial charge in [0.25, 0.3) is 0 Å². The molecular weight excluding hydrogens is 899 g/mol. The van der Waals surface area contributed by atoms with Gasteiger partial charge in [0.05, 0.1) is 49.6 Å². The van der Waals surface area contributed by atoms with Gasteiger partial charge >= 0.3 is 11.9 Å². The number of aliphatic hydroxyl groups is 3. The molecule has 15 heteroatoms. The molecule has 0 bridgehead atoms. The topological polar surface area (TPSA) is 148 Å². The number of aliphatic imine (C=N–C) groups is 1. The normalized spacial score (nSPS) is 13.7. The summed E-state index contributed by atoms with van der Waals surface area (Å²) in [5, 5.41) is 30.0. The van der Waals surface area contributed by atoms with Crippen LogP contribution in [0, 0.1) is 35.4 Å². The number of rotatable bonds is 10. The van der Waals surface area contributed by atoms with Gasteiger partial charge in [-0.05, 0) is 88.1 Å². The second-order valence-electron chi connectivity index (χ2n) is 13.4. The first-order chi connectivity index (χ1) is 23.6. The van der Waals surface area contributed by atoms with E-state index in [0.717, 1.165) is 12.3 Å². The molecule has 0 aliphatic carbocycles. The Morgan fingerprint density at radius 3 is 1.94 bits per heavy atom. The second-order valence-corrected chi connectivity index (χ2v) is 15.7. The minimum atomic E-state index is -1.02. The molecule has 10 nitrogen and oxygen atoms in total. The number of hydrogen-bond acceptors (Lipinski definition) is 9. The number of benzene rings is 2. The van der Waals surface area contributed by atoms with E-state index in [9.17, 15) is 42.9 Å². The van der Waals surface area contributed by atoms with Gasteiger partial charge in [-0.2, -0.15) is 0 Å². The third kappa shape index (κ3) is 11.2. The van der Waals surface area contributed by atoms with Crippen molar-refractivity contribution in [3.63, 3.8) is 0 Å². The van der Waals surface area contributed by atoms with Crippen molar-refractivity contribution in [1.29, 1.82) is 0 Å². The first-order valence-electron chi connectivity index (χ1n) is 15.9. The molecule has 0 saturated carbocycles. The summed E-state index contributed by atoms with van der Waals surface area (Å²) in [5.74, 6) is -4.61. The van der Waals surface area contributed by atoms with Crippen LogP contribution in [0.15, 0.2) is 45.8 Å². The number of aliphatic hydroxyl groups excluding tert-OH is 3. The Morgan fingerprint density at radius 1 is 0.863 bits per heavy atom. The quantitative estimate of drug-likeness (QED) is 0.0477. The van der Waals surface area contributed by atoms with E-state index in [4.69, 9.17) is 9.47 Å². The third-order valence-corrected chi connectivity index (χ3v) is 9.30. The minimum absolute atomic E-state index is 0.0373. The summed E-state index contributed by atoms with van der Waals surface area (Å²) >= 11 is 3.45. The van der Waals surface area contributed by atoms with E-state index < -0.39 is 58.1 Å². The Labute approximate surface area is 322 Å². The van der Waals surface area contributed by atoms with Crippen molar-refractivity contribution in [2.45, 2.75) is 67.5 Å². The van der Waals surface area contributed by atoms with E-state index in [1.807, 2.05) is 41.5 Å². The number of fused-ring (bicyclic) bond motifs is 1. The van der Waals surface area contributed by atoms with Crippen molar-refractivity contribution >= 4 is 80.0 Å². The molecule has 1 heterocycles. The van der Waals surface area contributed by atoms with Gasteiger partial charge in [-0.25, -0.2) is 22.8 Å². The van der Waals surface area contributed by atoms with Gasteiger partial charge in [-0.1, -0.05) is 41.5 Å². The van der Waals surface area contributed by atoms with Crippen LogP contribution in [0.25, 0.3) is 16.7 Å². The summed E-state index contributed by atoms with van der Waals surface area (Å²) in [6.45, 7) is 14.2. The Bertz CT molecular complexity index is 1860. The monoisotopic (exact) mass is 942 g/mol. The van der Waals surface area contributed by atoms with Gasteiger partial charge in [0.1, 0.15) is 34.3 Å². The Balaban J connectivity index is 0.000000354. The zero-order chi connectivity index (χ0) is 39.0. The zero-order valence-electron chi connectivity index (χ0n) is 29.6. The summed E-state index contributed by atoms with van der Waals surface area (Å²) in [6.07, 6.45) is 2.41. The van der Waals surface area contributed by atoms with Crippen LogP contribution < -0.4 is 5.43 Å². The number of hydrogen-bond donors (Lipinski definition) is 3. The fourth-order valence-electron chi connectivity index (χ4n) is 4.71. The summed E-state index contributed by atoms with van der Waals surface area (Å²) in [5.41, 5.74) is -1.81. The number of ether oxygens (including phenoxy) is 2. The van der Waals surface area contributed by atoms with E-state index in [0.29, 0.717) is 11.6 Å². The lowest BCUT2D eigenvalue weighted by Crippen LogP contribution is -2.31. The summed E-state index contributed by atoms with van der Waals surface area (Å²) < 4.78 is 53.5. The molecule has 3 N–H and O–H groups in total. The lowest BCUT2D eigenvalue weighted by molar-refractivity contribution is -0.137. The Hall–Kier alpha value is -3.03. The van der Waals surface area contributed by atoms with Crippen LogP contribution in [0.2, 0.25) is 0 Å². The van der Waals surface area contributed by atoms with Crippen LogP contribution in [0.4, 0.5) is 13.2 Å². The Kier molecular flexibility index (Phi) is 16.1. The molecule has 2 aromatic carbocycles. The van der Waals surface area contributed by atoms with Crippen LogP contribution in [0.1, 0.15) is 77.4 Å². The highest BCUT2D eigenvalue weighted by molar-refractivity contribution is 14.1. The van der Waals surface area contributed by atoms with E-state index in [2.05, 4.69) is 4.99 Å². The first-order valence-corrected chi connectivity index (χ1v) is 18.0. The maximum absolute atomic E-state index is 14.1. The first kappa shape index (κ1) is 44.1. The number of pyridine rings is 1. The van der Waals surface area contributed by atoms with Gasteiger partial charge in [-0.3, -0.25) is 9.79 Å². The molecule has 3 rings (SSSR count). The molecule has 0 aliphatic heterocycles. The maximum Gasteiger partial charge on any atom is 0.343 e. The molecule has 0 aliphatic rings. The van der Waals surface area contributed by atoms with Crippen molar-refractivity contribution in [2.24, 2.45) is 15.8 Å². The van der Waals surface area contributed by atoms with Crippen LogP contribution >= 0.6 is 45.2 Å². The van der Waals surface area contributed by atoms with E-state index in [-0.39, 0.29) is 61.1 Å².